The lowest BCUT2D eigenvalue weighted by molar-refractivity contribution is 0.660. The number of nitrogens with one attached hydrogen (secondary N) is 1. The summed E-state index contributed by atoms with van der Waals surface area (Å²) in [6.45, 7) is 4.69. The summed E-state index contributed by atoms with van der Waals surface area (Å²) in [5.41, 5.74) is 15.4. The summed E-state index contributed by atoms with van der Waals surface area (Å²) >= 11 is 0. The van der Waals surface area contributed by atoms with Crippen molar-refractivity contribution in [3.05, 3.63) is 145 Å². The third-order valence-corrected chi connectivity index (χ3v) is 8.83. The van der Waals surface area contributed by atoms with Gasteiger partial charge in [-0.3, -0.25) is 0 Å². The molecule has 0 aliphatic heterocycles. The highest BCUT2D eigenvalue weighted by Crippen LogP contribution is 2.52. The number of para-hydroxylation sites is 1. The third kappa shape index (κ3) is 3.34. The standard InChI is InChI=1S/C39H29N/c1-39(2)34-19-7-6-15-32(34)37-29(16-10-20-35(37)39)27-13-8-14-28(23-27)30-17-9-18-31-33-24-26(25-11-4-3-5-12-25)21-22-36(33)40-38(30)31/h3-24,40H,1-2H3. The van der Waals surface area contributed by atoms with E-state index in [9.17, 15) is 0 Å². The van der Waals surface area contributed by atoms with Crippen LogP contribution in [0.5, 0.6) is 0 Å². The maximum Gasteiger partial charge on any atom is 0.0544 e. The molecule has 0 radical (unpaired) electrons. The van der Waals surface area contributed by atoms with Crippen LogP contribution >= 0.6 is 0 Å². The Kier molecular flexibility index (Phi) is 4.93. The Labute approximate surface area is 234 Å². The fourth-order valence-electron chi connectivity index (χ4n) is 6.82. The first-order valence-corrected chi connectivity index (χ1v) is 14.0. The fourth-order valence-corrected chi connectivity index (χ4v) is 6.82. The lowest BCUT2D eigenvalue weighted by Crippen LogP contribution is -2.14. The Morgan fingerprint density at radius 1 is 0.450 bits per heavy atom. The van der Waals surface area contributed by atoms with Crippen molar-refractivity contribution in [3.63, 3.8) is 0 Å². The molecule has 40 heavy (non-hydrogen) atoms. The second-order valence-electron chi connectivity index (χ2n) is 11.5. The Balaban J connectivity index is 1.29. The van der Waals surface area contributed by atoms with E-state index in [-0.39, 0.29) is 5.41 Å². The van der Waals surface area contributed by atoms with E-state index in [0.717, 1.165) is 5.52 Å². The molecule has 190 valence electrons. The van der Waals surface area contributed by atoms with Crippen LogP contribution in [0.4, 0.5) is 0 Å². The third-order valence-electron chi connectivity index (χ3n) is 8.83. The molecule has 0 bridgehead atoms. The summed E-state index contributed by atoms with van der Waals surface area (Å²) in [5, 5.41) is 2.51. The number of rotatable bonds is 3. The fraction of sp³-hybridized carbons (Fsp3) is 0.0769. The second-order valence-corrected chi connectivity index (χ2v) is 11.5. The van der Waals surface area contributed by atoms with Crippen LogP contribution < -0.4 is 0 Å². The molecular weight excluding hydrogens is 482 g/mol. The highest BCUT2D eigenvalue weighted by molar-refractivity contribution is 6.13. The first kappa shape index (κ1) is 23.0. The molecule has 0 fully saturated rings. The van der Waals surface area contributed by atoms with E-state index in [2.05, 4.69) is 152 Å². The summed E-state index contributed by atoms with van der Waals surface area (Å²) in [4.78, 5) is 3.75. The minimum atomic E-state index is -0.00585. The molecule has 8 rings (SSSR count). The molecule has 1 heteroatoms. The second kappa shape index (κ2) is 8.56. The largest absolute Gasteiger partial charge is 0.354 e. The van der Waals surface area contributed by atoms with E-state index >= 15 is 0 Å². The van der Waals surface area contributed by atoms with Crippen molar-refractivity contribution < 1.29 is 0 Å². The molecule has 1 aliphatic rings. The van der Waals surface area contributed by atoms with Crippen LogP contribution in [0.3, 0.4) is 0 Å². The molecule has 0 saturated carbocycles. The summed E-state index contributed by atoms with van der Waals surface area (Å²) in [5.74, 6) is 0. The molecule has 0 saturated heterocycles. The van der Waals surface area contributed by atoms with Crippen LogP contribution in [0.2, 0.25) is 0 Å². The average molecular weight is 512 g/mol. The van der Waals surface area contributed by atoms with Crippen LogP contribution in [0.25, 0.3) is 66.3 Å². The zero-order valence-electron chi connectivity index (χ0n) is 22.7. The lowest BCUT2D eigenvalue weighted by atomic mass is 9.82. The minimum Gasteiger partial charge on any atom is -0.354 e. The van der Waals surface area contributed by atoms with Crippen molar-refractivity contribution in [3.8, 4) is 44.5 Å². The van der Waals surface area contributed by atoms with E-state index in [0.29, 0.717) is 0 Å². The van der Waals surface area contributed by atoms with Gasteiger partial charge in [0.1, 0.15) is 0 Å². The van der Waals surface area contributed by atoms with Gasteiger partial charge in [-0.2, -0.15) is 0 Å². The van der Waals surface area contributed by atoms with Gasteiger partial charge in [0.05, 0.1) is 5.52 Å². The van der Waals surface area contributed by atoms with Gasteiger partial charge in [0.25, 0.3) is 0 Å². The molecule has 6 aromatic carbocycles. The van der Waals surface area contributed by atoms with Crippen LogP contribution in [-0.2, 0) is 5.41 Å². The first-order chi connectivity index (χ1) is 19.6. The summed E-state index contributed by atoms with van der Waals surface area (Å²) in [7, 11) is 0. The number of H-pyrrole nitrogens is 1. The molecule has 7 aromatic rings. The number of aromatic amines is 1. The molecule has 1 N–H and O–H groups in total. The van der Waals surface area contributed by atoms with Crippen molar-refractivity contribution in [2.75, 3.05) is 0 Å². The first-order valence-electron chi connectivity index (χ1n) is 14.0. The molecule has 0 atom stereocenters. The van der Waals surface area contributed by atoms with Crippen LogP contribution in [-0.4, -0.2) is 4.98 Å². The smallest absolute Gasteiger partial charge is 0.0544 e. The summed E-state index contributed by atoms with van der Waals surface area (Å²) < 4.78 is 0. The summed E-state index contributed by atoms with van der Waals surface area (Å²) in [6.07, 6.45) is 0. The van der Waals surface area contributed by atoms with Crippen molar-refractivity contribution in [2.24, 2.45) is 0 Å². The SMILES string of the molecule is CC1(C)c2ccccc2-c2c(-c3cccc(-c4cccc5c4[nH]c4ccc(-c6ccccc6)cc45)c3)cccc21. The van der Waals surface area contributed by atoms with E-state index in [1.807, 2.05) is 0 Å². The Morgan fingerprint density at radius 3 is 1.98 bits per heavy atom. The molecule has 1 nitrogen and oxygen atoms in total. The Bertz CT molecular complexity index is 2070. The quantitative estimate of drug-likeness (QED) is 0.243. The molecule has 1 aliphatic carbocycles. The van der Waals surface area contributed by atoms with Crippen LogP contribution in [0.1, 0.15) is 25.0 Å². The van der Waals surface area contributed by atoms with E-state index in [4.69, 9.17) is 0 Å². The van der Waals surface area contributed by atoms with Gasteiger partial charge in [0.2, 0.25) is 0 Å². The van der Waals surface area contributed by atoms with Gasteiger partial charge >= 0.3 is 0 Å². The van der Waals surface area contributed by atoms with Gasteiger partial charge in [-0.25, -0.2) is 0 Å². The van der Waals surface area contributed by atoms with Crippen molar-refractivity contribution >= 4 is 21.8 Å². The number of benzene rings is 6. The molecule has 1 aromatic heterocycles. The van der Waals surface area contributed by atoms with E-state index < -0.39 is 0 Å². The van der Waals surface area contributed by atoms with Crippen molar-refractivity contribution in [1.82, 2.24) is 4.98 Å². The maximum atomic E-state index is 3.75. The topological polar surface area (TPSA) is 15.8 Å². The minimum absolute atomic E-state index is 0.00585. The van der Waals surface area contributed by atoms with Gasteiger partial charge in [-0.1, -0.05) is 129 Å². The van der Waals surface area contributed by atoms with E-state index in [1.54, 1.807) is 0 Å². The number of hydrogen-bond donors (Lipinski definition) is 1. The molecule has 0 amide bonds. The zero-order chi connectivity index (χ0) is 26.8. The number of fused-ring (bicyclic) bond motifs is 6. The Hall–Kier alpha value is -4.88. The predicted molar refractivity (Wildman–Crippen MR) is 170 cm³/mol. The average Bonchev–Trinajstić information content (AvgIpc) is 3.50. The lowest BCUT2D eigenvalue weighted by Gasteiger charge is -2.21. The number of aromatic nitrogens is 1. The normalized spacial score (nSPS) is 13.4. The van der Waals surface area contributed by atoms with Crippen LogP contribution in [0, 0.1) is 0 Å². The molecule has 0 spiro atoms. The molecular formula is C39H29N. The van der Waals surface area contributed by atoms with Crippen LogP contribution in [0.15, 0.2) is 133 Å². The van der Waals surface area contributed by atoms with Gasteiger partial charge in [-0.05, 0) is 68.3 Å². The van der Waals surface area contributed by atoms with Crippen molar-refractivity contribution in [1.29, 1.82) is 0 Å². The van der Waals surface area contributed by atoms with Gasteiger partial charge in [0.15, 0.2) is 0 Å². The van der Waals surface area contributed by atoms with Crippen molar-refractivity contribution in [2.45, 2.75) is 19.3 Å². The molecule has 1 heterocycles. The molecule has 0 unspecified atom stereocenters. The highest BCUT2D eigenvalue weighted by Gasteiger charge is 2.36. The predicted octanol–water partition coefficient (Wildman–Crippen LogP) is 10.6. The zero-order valence-corrected chi connectivity index (χ0v) is 22.7. The maximum absolute atomic E-state index is 3.75. The van der Waals surface area contributed by atoms with E-state index in [1.165, 1.54) is 71.9 Å². The van der Waals surface area contributed by atoms with Gasteiger partial charge in [0, 0.05) is 27.3 Å². The highest BCUT2D eigenvalue weighted by atomic mass is 14.7. The summed E-state index contributed by atoms with van der Waals surface area (Å²) in [6, 6.07) is 48.8. The monoisotopic (exact) mass is 511 g/mol. The van der Waals surface area contributed by atoms with Gasteiger partial charge in [-0.15, -0.1) is 0 Å². The number of hydrogen-bond acceptors (Lipinski definition) is 0. The Morgan fingerprint density at radius 2 is 1.10 bits per heavy atom. The van der Waals surface area contributed by atoms with Gasteiger partial charge < -0.3 is 4.98 Å².